The molecule has 3 rings (SSSR count). The number of fused-ring (bicyclic) bond motifs is 1. The van der Waals surface area contributed by atoms with Gasteiger partial charge < -0.3 is 5.32 Å². The predicted octanol–water partition coefficient (Wildman–Crippen LogP) is 1.66. The largest absolute Gasteiger partial charge is 0.349 e. The third kappa shape index (κ3) is 2.49. The van der Waals surface area contributed by atoms with Crippen molar-refractivity contribution in [3.8, 4) is 0 Å². The van der Waals surface area contributed by atoms with E-state index >= 15 is 0 Å². The number of hydrogen-bond donors (Lipinski definition) is 1. The van der Waals surface area contributed by atoms with Crippen LogP contribution in [0.3, 0.4) is 0 Å². The molecule has 1 fully saturated rings. The lowest BCUT2D eigenvalue weighted by molar-refractivity contribution is 0.0907. The first-order chi connectivity index (χ1) is 9.66. The second-order valence-electron chi connectivity index (χ2n) is 5.60. The average Bonchev–Trinajstić information content (AvgIpc) is 2.91. The van der Waals surface area contributed by atoms with Crippen LogP contribution in [-0.4, -0.2) is 27.3 Å². The van der Waals surface area contributed by atoms with Gasteiger partial charge in [-0.15, -0.1) is 0 Å². The average molecular weight is 293 g/mol. The van der Waals surface area contributed by atoms with Gasteiger partial charge in [-0.2, -0.15) is 0 Å². The van der Waals surface area contributed by atoms with E-state index in [1.807, 2.05) is 0 Å². The zero-order valence-corrected chi connectivity index (χ0v) is 12.4. The smallest absolute Gasteiger partial charge is 0.267 e. The van der Waals surface area contributed by atoms with Gasteiger partial charge in [0.2, 0.25) is 0 Å². The lowest BCUT2D eigenvalue weighted by Crippen LogP contribution is -2.43. The SMILES string of the molecule is CC1CCCCC1NC(=O)c1cnc2n(c1=O)CCS2. The molecule has 1 amide bonds. The van der Waals surface area contributed by atoms with Gasteiger partial charge in [0.1, 0.15) is 5.56 Å². The first-order valence-corrected chi connectivity index (χ1v) is 8.19. The number of rotatable bonds is 2. The molecule has 2 aliphatic rings. The summed E-state index contributed by atoms with van der Waals surface area (Å²) in [6, 6.07) is 0.184. The van der Waals surface area contributed by atoms with Gasteiger partial charge in [-0.1, -0.05) is 31.5 Å². The molecule has 2 heterocycles. The summed E-state index contributed by atoms with van der Waals surface area (Å²) in [5.74, 6) is 1.06. The van der Waals surface area contributed by atoms with Crippen molar-refractivity contribution in [1.82, 2.24) is 14.9 Å². The van der Waals surface area contributed by atoms with Crippen molar-refractivity contribution in [3.63, 3.8) is 0 Å². The van der Waals surface area contributed by atoms with Crippen molar-refractivity contribution >= 4 is 17.7 Å². The molecule has 1 aromatic heterocycles. The van der Waals surface area contributed by atoms with E-state index in [0.29, 0.717) is 12.5 Å². The highest BCUT2D eigenvalue weighted by Gasteiger charge is 2.25. The van der Waals surface area contributed by atoms with Gasteiger partial charge in [-0.3, -0.25) is 14.2 Å². The lowest BCUT2D eigenvalue weighted by Gasteiger charge is -2.29. The summed E-state index contributed by atoms with van der Waals surface area (Å²) in [6.07, 6.45) is 5.95. The van der Waals surface area contributed by atoms with Gasteiger partial charge in [-0.25, -0.2) is 4.98 Å². The minimum atomic E-state index is -0.270. The Balaban J connectivity index is 1.79. The highest BCUT2D eigenvalue weighted by Crippen LogP contribution is 2.24. The second-order valence-corrected chi connectivity index (χ2v) is 6.66. The summed E-state index contributed by atoms with van der Waals surface area (Å²) in [5.41, 5.74) is -0.0324. The van der Waals surface area contributed by atoms with Gasteiger partial charge in [0.15, 0.2) is 5.16 Å². The molecule has 5 nitrogen and oxygen atoms in total. The Morgan fingerprint density at radius 2 is 2.25 bits per heavy atom. The van der Waals surface area contributed by atoms with Crippen LogP contribution in [0.1, 0.15) is 43.0 Å². The summed E-state index contributed by atoms with van der Waals surface area (Å²) in [7, 11) is 0. The third-order valence-corrected chi connectivity index (χ3v) is 5.20. The number of carbonyl (C=O) groups excluding carboxylic acids is 1. The Morgan fingerprint density at radius 3 is 3.05 bits per heavy atom. The van der Waals surface area contributed by atoms with Gasteiger partial charge in [0.05, 0.1) is 0 Å². The van der Waals surface area contributed by atoms with Gasteiger partial charge in [-0.05, 0) is 18.8 Å². The van der Waals surface area contributed by atoms with Crippen LogP contribution in [0.2, 0.25) is 0 Å². The summed E-state index contributed by atoms with van der Waals surface area (Å²) in [4.78, 5) is 28.8. The molecule has 1 N–H and O–H groups in total. The highest BCUT2D eigenvalue weighted by molar-refractivity contribution is 7.99. The first kappa shape index (κ1) is 13.7. The Morgan fingerprint density at radius 1 is 1.45 bits per heavy atom. The Kier molecular flexibility index (Phi) is 3.83. The minimum Gasteiger partial charge on any atom is -0.349 e. The van der Waals surface area contributed by atoms with Crippen molar-refractivity contribution in [2.45, 2.75) is 50.4 Å². The Bertz CT molecular complexity index is 584. The maximum Gasteiger partial charge on any atom is 0.267 e. The molecule has 1 saturated carbocycles. The van der Waals surface area contributed by atoms with Gasteiger partial charge >= 0.3 is 0 Å². The van der Waals surface area contributed by atoms with Gasteiger partial charge in [0, 0.05) is 24.5 Å². The highest BCUT2D eigenvalue weighted by atomic mass is 32.2. The van der Waals surface area contributed by atoms with Crippen LogP contribution in [0.4, 0.5) is 0 Å². The normalized spacial score (nSPS) is 25.2. The molecule has 2 unspecified atom stereocenters. The molecule has 2 atom stereocenters. The molecule has 6 heteroatoms. The molecular formula is C14H19N3O2S. The van der Waals surface area contributed by atoms with Crippen LogP contribution in [0.15, 0.2) is 16.1 Å². The van der Waals surface area contributed by atoms with Crippen LogP contribution in [-0.2, 0) is 6.54 Å². The molecule has 0 radical (unpaired) electrons. The fourth-order valence-electron chi connectivity index (χ4n) is 2.95. The number of nitrogens with one attached hydrogen (secondary N) is 1. The minimum absolute atomic E-state index is 0.175. The maximum atomic E-state index is 12.3. The van der Waals surface area contributed by atoms with Crippen LogP contribution in [0, 0.1) is 5.92 Å². The predicted molar refractivity (Wildman–Crippen MR) is 78.1 cm³/mol. The number of carbonyl (C=O) groups is 1. The zero-order chi connectivity index (χ0) is 14.1. The summed E-state index contributed by atoms with van der Waals surface area (Å²) in [6.45, 7) is 2.81. The van der Waals surface area contributed by atoms with Crippen LogP contribution < -0.4 is 10.9 Å². The molecule has 0 bridgehead atoms. The number of nitrogens with zero attached hydrogens (tertiary/aromatic N) is 2. The first-order valence-electron chi connectivity index (χ1n) is 7.20. The van der Waals surface area contributed by atoms with Crippen molar-refractivity contribution in [1.29, 1.82) is 0 Å². The molecule has 108 valence electrons. The lowest BCUT2D eigenvalue weighted by atomic mass is 9.86. The maximum absolute atomic E-state index is 12.3. The van der Waals surface area contributed by atoms with Crippen molar-refractivity contribution in [2.75, 3.05) is 5.75 Å². The topological polar surface area (TPSA) is 64.0 Å². The van der Waals surface area contributed by atoms with E-state index in [0.717, 1.165) is 30.2 Å². The van der Waals surface area contributed by atoms with Crippen molar-refractivity contribution < 1.29 is 4.79 Å². The van der Waals surface area contributed by atoms with Gasteiger partial charge in [0.25, 0.3) is 11.5 Å². The summed E-state index contributed by atoms with van der Waals surface area (Å²) in [5, 5.41) is 3.74. The number of hydrogen-bond acceptors (Lipinski definition) is 4. The van der Waals surface area contributed by atoms with Crippen LogP contribution >= 0.6 is 11.8 Å². The molecule has 1 aromatic rings. The Labute approximate surface area is 122 Å². The summed E-state index contributed by atoms with van der Waals surface area (Å²) < 4.78 is 1.60. The molecule has 20 heavy (non-hydrogen) atoms. The van der Waals surface area contributed by atoms with Crippen LogP contribution in [0.5, 0.6) is 0 Å². The molecule has 1 aliphatic carbocycles. The number of thioether (sulfide) groups is 1. The second kappa shape index (κ2) is 5.60. The van der Waals surface area contributed by atoms with Crippen LogP contribution in [0.25, 0.3) is 0 Å². The van der Waals surface area contributed by atoms with E-state index in [4.69, 9.17) is 0 Å². The van der Waals surface area contributed by atoms with Crippen molar-refractivity contribution in [3.05, 3.63) is 22.1 Å². The summed E-state index contributed by atoms with van der Waals surface area (Å²) >= 11 is 1.56. The third-order valence-electron chi connectivity index (χ3n) is 4.23. The molecule has 0 spiro atoms. The van der Waals surface area contributed by atoms with E-state index in [-0.39, 0.29) is 23.1 Å². The Hall–Kier alpha value is -1.30. The standard InChI is InChI=1S/C14H19N3O2S/c1-9-4-2-3-5-11(9)16-12(18)10-8-15-14-17(13(10)19)6-7-20-14/h8-9,11H,2-7H2,1H3,(H,16,18). The van der Waals surface area contributed by atoms with E-state index in [1.165, 1.54) is 12.6 Å². The van der Waals surface area contributed by atoms with E-state index in [2.05, 4.69) is 17.2 Å². The fourth-order valence-corrected chi connectivity index (χ4v) is 3.86. The molecule has 1 aliphatic heterocycles. The van der Waals surface area contributed by atoms with Crippen molar-refractivity contribution in [2.24, 2.45) is 5.92 Å². The van der Waals surface area contributed by atoms with E-state index < -0.39 is 0 Å². The quantitative estimate of drug-likeness (QED) is 0.842. The fraction of sp³-hybridized carbons (Fsp3) is 0.643. The number of aromatic nitrogens is 2. The monoisotopic (exact) mass is 293 g/mol. The van der Waals surface area contributed by atoms with E-state index in [9.17, 15) is 9.59 Å². The molecule has 0 saturated heterocycles. The molecular weight excluding hydrogens is 274 g/mol. The van der Waals surface area contributed by atoms with E-state index in [1.54, 1.807) is 16.3 Å². The number of amides is 1. The molecule has 0 aromatic carbocycles. The zero-order valence-electron chi connectivity index (χ0n) is 11.6.